The number of piperidine rings is 1. The van der Waals surface area contributed by atoms with Crippen molar-refractivity contribution in [2.45, 2.75) is 46.1 Å². The molecule has 1 fully saturated rings. The topological polar surface area (TPSA) is 41.0 Å². The molecule has 1 N–H and O–H groups in total. The quantitative estimate of drug-likeness (QED) is 0.872. The van der Waals surface area contributed by atoms with Crippen LogP contribution in [0.3, 0.4) is 0 Å². The molecule has 1 saturated heterocycles. The molecule has 1 aliphatic heterocycles. The molecule has 4 heteroatoms. The second-order valence-electron chi connectivity index (χ2n) is 4.73. The SMILES string of the molecule is CCNc1cc(N2CCCCC2C)nc(C)n1. The number of hydrogen-bond donors (Lipinski definition) is 1. The first-order valence-corrected chi connectivity index (χ1v) is 6.57. The summed E-state index contributed by atoms with van der Waals surface area (Å²) < 4.78 is 0. The molecule has 0 amide bonds. The number of anilines is 2. The van der Waals surface area contributed by atoms with E-state index in [9.17, 15) is 0 Å². The van der Waals surface area contributed by atoms with Crippen LogP contribution in [0, 0.1) is 6.92 Å². The van der Waals surface area contributed by atoms with Crippen molar-refractivity contribution >= 4 is 11.6 Å². The van der Waals surface area contributed by atoms with Gasteiger partial charge in [0, 0.05) is 25.2 Å². The van der Waals surface area contributed by atoms with Gasteiger partial charge < -0.3 is 10.2 Å². The Hall–Kier alpha value is -1.32. The van der Waals surface area contributed by atoms with Gasteiger partial charge in [0.1, 0.15) is 17.5 Å². The molecular weight excluding hydrogens is 212 g/mol. The molecule has 1 aliphatic rings. The minimum atomic E-state index is 0.590. The highest BCUT2D eigenvalue weighted by atomic mass is 15.2. The van der Waals surface area contributed by atoms with Gasteiger partial charge in [-0.2, -0.15) is 0 Å². The standard InChI is InChI=1S/C13H22N4/c1-4-14-12-9-13(16-11(3)15-12)17-8-6-5-7-10(17)2/h9-10H,4-8H2,1-3H3,(H,14,15,16). The first-order chi connectivity index (χ1) is 8.20. The highest BCUT2D eigenvalue weighted by molar-refractivity contribution is 5.50. The lowest BCUT2D eigenvalue weighted by atomic mass is 10.0. The summed E-state index contributed by atoms with van der Waals surface area (Å²) in [7, 11) is 0. The van der Waals surface area contributed by atoms with E-state index in [1.807, 2.05) is 6.92 Å². The number of nitrogens with zero attached hydrogens (tertiary/aromatic N) is 3. The number of nitrogens with one attached hydrogen (secondary N) is 1. The fourth-order valence-electron chi connectivity index (χ4n) is 2.41. The molecule has 94 valence electrons. The van der Waals surface area contributed by atoms with E-state index in [2.05, 4.69) is 40.1 Å². The molecule has 2 rings (SSSR count). The molecule has 1 aromatic heterocycles. The van der Waals surface area contributed by atoms with Crippen LogP contribution in [0.5, 0.6) is 0 Å². The Bertz CT molecular complexity index is 378. The number of aryl methyl sites for hydroxylation is 1. The molecule has 0 saturated carbocycles. The van der Waals surface area contributed by atoms with Crippen molar-refractivity contribution in [1.29, 1.82) is 0 Å². The summed E-state index contributed by atoms with van der Waals surface area (Å²) in [6, 6.07) is 2.66. The Morgan fingerprint density at radius 1 is 1.41 bits per heavy atom. The first kappa shape index (κ1) is 12.1. The van der Waals surface area contributed by atoms with Crippen LogP contribution in [0.2, 0.25) is 0 Å². The van der Waals surface area contributed by atoms with E-state index in [1.165, 1.54) is 19.3 Å². The van der Waals surface area contributed by atoms with E-state index >= 15 is 0 Å². The predicted octanol–water partition coefficient (Wildman–Crippen LogP) is 2.60. The summed E-state index contributed by atoms with van der Waals surface area (Å²) in [5.74, 6) is 2.85. The van der Waals surface area contributed by atoms with Crippen molar-refractivity contribution in [2.75, 3.05) is 23.3 Å². The maximum atomic E-state index is 4.56. The third-order valence-corrected chi connectivity index (χ3v) is 3.28. The number of aromatic nitrogens is 2. The van der Waals surface area contributed by atoms with Crippen LogP contribution >= 0.6 is 0 Å². The summed E-state index contributed by atoms with van der Waals surface area (Å²) in [6.45, 7) is 8.33. The monoisotopic (exact) mass is 234 g/mol. The molecule has 1 unspecified atom stereocenters. The van der Waals surface area contributed by atoms with Crippen LogP contribution in [0.25, 0.3) is 0 Å². The highest BCUT2D eigenvalue weighted by Crippen LogP contribution is 2.24. The van der Waals surface area contributed by atoms with Crippen molar-refractivity contribution in [2.24, 2.45) is 0 Å². The fourth-order valence-corrected chi connectivity index (χ4v) is 2.41. The molecule has 0 aliphatic carbocycles. The lowest BCUT2D eigenvalue weighted by molar-refractivity contribution is 0.480. The van der Waals surface area contributed by atoms with Crippen LogP contribution in [0.1, 0.15) is 38.9 Å². The van der Waals surface area contributed by atoms with Crippen LogP contribution in [0.4, 0.5) is 11.6 Å². The Morgan fingerprint density at radius 2 is 2.24 bits per heavy atom. The Balaban J connectivity index is 2.24. The lowest BCUT2D eigenvalue weighted by Crippen LogP contribution is -2.38. The van der Waals surface area contributed by atoms with E-state index in [1.54, 1.807) is 0 Å². The Labute approximate surface area is 103 Å². The number of hydrogen-bond acceptors (Lipinski definition) is 4. The molecule has 2 heterocycles. The summed E-state index contributed by atoms with van der Waals surface area (Å²) in [6.07, 6.45) is 3.87. The van der Waals surface area contributed by atoms with Crippen molar-refractivity contribution < 1.29 is 0 Å². The largest absolute Gasteiger partial charge is 0.370 e. The molecule has 0 bridgehead atoms. The smallest absolute Gasteiger partial charge is 0.134 e. The Kier molecular flexibility index (Phi) is 3.82. The molecule has 4 nitrogen and oxygen atoms in total. The average molecular weight is 234 g/mol. The third kappa shape index (κ3) is 2.87. The summed E-state index contributed by atoms with van der Waals surface area (Å²) in [5, 5.41) is 3.26. The zero-order valence-corrected chi connectivity index (χ0v) is 11.0. The van der Waals surface area contributed by atoms with E-state index in [4.69, 9.17) is 0 Å². The zero-order chi connectivity index (χ0) is 12.3. The second kappa shape index (κ2) is 5.34. The van der Waals surface area contributed by atoms with Gasteiger partial charge in [-0.3, -0.25) is 0 Å². The van der Waals surface area contributed by atoms with Gasteiger partial charge in [0.2, 0.25) is 0 Å². The molecule has 17 heavy (non-hydrogen) atoms. The van der Waals surface area contributed by atoms with Crippen LogP contribution in [0.15, 0.2) is 6.07 Å². The lowest BCUT2D eigenvalue weighted by Gasteiger charge is -2.34. The third-order valence-electron chi connectivity index (χ3n) is 3.28. The fraction of sp³-hybridized carbons (Fsp3) is 0.692. The van der Waals surface area contributed by atoms with Crippen molar-refractivity contribution in [3.63, 3.8) is 0 Å². The number of rotatable bonds is 3. The minimum Gasteiger partial charge on any atom is -0.370 e. The molecule has 0 radical (unpaired) electrons. The van der Waals surface area contributed by atoms with Gasteiger partial charge in [-0.15, -0.1) is 0 Å². The average Bonchev–Trinajstić information content (AvgIpc) is 2.29. The van der Waals surface area contributed by atoms with Gasteiger partial charge in [-0.25, -0.2) is 9.97 Å². The molecular formula is C13H22N4. The maximum Gasteiger partial charge on any atom is 0.134 e. The van der Waals surface area contributed by atoms with Crippen LogP contribution in [-0.2, 0) is 0 Å². The molecule has 1 aromatic rings. The summed E-state index contributed by atoms with van der Waals surface area (Å²) in [5.41, 5.74) is 0. The summed E-state index contributed by atoms with van der Waals surface area (Å²) >= 11 is 0. The molecule has 0 aromatic carbocycles. The highest BCUT2D eigenvalue weighted by Gasteiger charge is 2.20. The van der Waals surface area contributed by atoms with Gasteiger partial charge in [-0.05, 0) is 40.0 Å². The molecule has 0 spiro atoms. The normalized spacial score (nSPS) is 20.4. The van der Waals surface area contributed by atoms with E-state index in [0.29, 0.717) is 6.04 Å². The van der Waals surface area contributed by atoms with E-state index < -0.39 is 0 Å². The second-order valence-corrected chi connectivity index (χ2v) is 4.73. The van der Waals surface area contributed by atoms with E-state index in [0.717, 1.165) is 30.5 Å². The van der Waals surface area contributed by atoms with Crippen LogP contribution in [-0.4, -0.2) is 29.1 Å². The first-order valence-electron chi connectivity index (χ1n) is 6.57. The maximum absolute atomic E-state index is 4.56. The van der Waals surface area contributed by atoms with Gasteiger partial charge in [0.15, 0.2) is 0 Å². The van der Waals surface area contributed by atoms with Crippen molar-refractivity contribution in [3.05, 3.63) is 11.9 Å². The summed E-state index contributed by atoms with van der Waals surface area (Å²) in [4.78, 5) is 11.4. The van der Waals surface area contributed by atoms with Gasteiger partial charge in [0.25, 0.3) is 0 Å². The van der Waals surface area contributed by atoms with Gasteiger partial charge in [-0.1, -0.05) is 0 Å². The Morgan fingerprint density at radius 3 is 2.94 bits per heavy atom. The zero-order valence-electron chi connectivity index (χ0n) is 11.0. The van der Waals surface area contributed by atoms with Crippen LogP contribution < -0.4 is 10.2 Å². The van der Waals surface area contributed by atoms with E-state index in [-0.39, 0.29) is 0 Å². The van der Waals surface area contributed by atoms with Gasteiger partial charge >= 0.3 is 0 Å². The van der Waals surface area contributed by atoms with Gasteiger partial charge in [0.05, 0.1) is 0 Å². The predicted molar refractivity (Wildman–Crippen MR) is 71.6 cm³/mol. The van der Waals surface area contributed by atoms with Crippen molar-refractivity contribution in [3.8, 4) is 0 Å². The molecule has 1 atom stereocenters. The van der Waals surface area contributed by atoms with Crippen molar-refractivity contribution in [1.82, 2.24) is 9.97 Å². The minimum absolute atomic E-state index is 0.590.